The van der Waals surface area contributed by atoms with Crippen molar-refractivity contribution in [1.82, 2.24) is 0 Å². The van der Waals surface area contributed by atoms with Gasteiger partial charge in [-0.15, -0.1) is 0 Å². The third-order valence-electron chi connectivity index (χ3n) is 3.41. The molecule has 0 bridgehead atoms. The lowest BCUT2D eigenvalue weighted by Gasteiger charge is -2.19. The number of carbonyl (C=O) groups is 1. The van der Waals surface area contributed by atoms with Gasteiger partial charge < -0.3 is 10.1 Å². The minimum atomic E-state index is -0.106. The first-order chi connectivity index (χ1) is 10.4. The molecule has 0 saturated heterocycles. The predicted molar refractivity (Wildman–Crippen MR) is 90.2 cm³/mol. The van der Waals surface area contributed by atoms with Crippen molar-refractivity contribution < 1.29 is 9.53 Å². The van der Waals surface area contributed by atoms with Crippen LogP contribution >= 0.6 is 0 Å². The molecule has 2 rings (SSSR count). The summed E-state index contributed by atoms with van der Waals surface area (Å²) in [6.07, 6.45) is 0. The number of nitrogens with one attached hydrogen (secondary N) is 1. The first-order valence-electron chi connectivity index (χ1n) is 7.45. The summed E-state index contributed by atoms with van der Waals surface area (Å²) in [6.45, 7) is 8.55. The molecule has 3 nitrogen and oxygen atoms in total. The molecule has 0 spiro atoms. The van der Waals surface area contributed by atoms with E-state index in [-0.39, 0.29) is 11.3 Å². The second-order valence-electron chi connectivity index (χ2n) is 6.41. The van der Waals surface area contributed by atoms with E-state index in [2.05, 4.69) is 50.4 Å². The van der Waals surface area contributed by atoms with E-state index < -0.39 is 0 Å². The van der Waals surface area contributed by atoms with E-state index in [0.717, 1.165) is 5.56 Å². The topological polar surface area (TPSA) is 38.3 Å². The second-order valence-corrected chi connectivity index (χ2v) is 6.41. The summed E-state index contributed by atoms with van der Waals surface area (Å²) in [5.41, 5.74) is 3.25. The molecule has 0 aliphatic rings. The molecular weight excluding hydrogens is 274 g/mol. The van der Waals surface area contributed by atoms with E-state index >= 15 is 0 Å². The Morgan fingerprint density at radius 3 is 2.27 bits per heavy atom. The zero-order valence-electron chi connectivity index (χ0n) is 13.6. The molecule has 0 heterocycles. The van der Waals surface area contributed by atoms with E-state index in [1.807, 2.05) is 24.3 Å². The minimum absolute atomic E-state index is 0.106. The highest BCUT2D eigenvalue weighted by molar-refractivity contribution is 5.90. The van der Waals surface area contributed by atoms with Gasteiger partial charge in [-0.25, -0.2) is 0 Å². The summed E-state index contributed by atoms with van der Waals surface area (Å²) >= 11 is 0. The zero-order valence-corrected chi connectivity index (χ0v) is 13.6. The number of hydrogen-bond acceptors (Lipinski definition) is 2. The van der Waals surface area contributed by atoms with Crippen molar-refractivity contribution in [3.8, 4) is 5.75 Å². The summed E-state index contributed by atoms with van der Waals surface area (Å²) in [6, 6.07) is 15.9. The van der Waals surface area contributed by atoms with Gasteiger partial charge in [-0.05, 0) is 28.7 Å². The minimum Gasteiger partial charge on any atom is -0.487 e. The van der Waals surface area contributed by atoms with Crippen LogP contribution in [0.1, 0.15) is 38.8 Å². The maximum Gasteiger partial charge on any atom is 0.221 e. The Hall–Kier alpha value is -2.29. The lowest BCUT2D eigenvalue weighted by atomic mass is 9.87. The highest BCUT2D eigenvalue weighted by Crippen LogP contribution is 2.26. The SMILES string of the molecule is CC(=O)Nc1ccccc1OCc1ccc(C(C)(C)C)cc1. The molecule has 116 valence electrons. The Morgan fingerprint density at radius 1 is 1.05 bits per heavy atom. The van der Waals surface area contributed by atoms with Gasteiger partial charge in [-0.3, -0.25) is 4.79 Å². The fourth-order valence-corrected chi connectivity index (χ4v) is 2.15. The molecule has 22 heavy (non-hydrogen) atoms. The second kappa shape index (κ2) is 6.65. The first kappa shape index (κ1) is 16.1. The van der Waals surface area contributed by atoms with E-state index in [1.54, 1.807) is 0 Å². The fraction of sp³-hybridized carbons (Fsp3) is 0.316. The quantitative estimate of drug-likeness (QED) is 0.901. The van der Waals surface area contributed by atoms with Crippen LogP contribution in [-0.2, 0) is 16.8 Å². The molecule has 1 N–H and O–H groups in total. The van der Waals surface area contributed by atoms with Crippen LogP contribution in [0.15, 0.2) is 48.5 Å². The van der Waals surface area contributed by atoms with Gasteiger partial charge in [0.1, 0.15) is 12.4 Å². The molecule has 0 atom stereocenters. The summed E-state index contributed by atoms with van der Waals surface area (Å²) in [5, 5.41) is 2.77. The lowest BCUT2D eigenvalue weighted by molar-refractivity contribution is -0.114. The van der Waals surface area contributed by atoms with Crippen LogP contribution in [0.25, 0.3) is 0 Å². The summed E-state index contributed by atoms with van der Waals surface area (Å²) < 4.78 is 5.83. The van der Waals surface area contributed by atoms with Crippen molar-refractivity contribution in [3.05, 3.63) is 59.7 Å². The average molecular weight is 297 g/mol. The van der Waals surface area contributed by atoms with Gasteiger partial charge in [-0.1, -0.05) is 57.2 Å². The van der Waals surface area contributed by atoms with E-state index in [9.17, 15) is 4.79 Å². The van der Waals surface area contributed by atoms with Crippen LogP contribution in [0.4, 0.5) is 5.69 Å². The monoisotopic (exact) mass is 297 g/mol. The molecule has 1 amide bonds. The number of hydrogen-bond donors (Lipinski definition) is 1. The molecule has 0 fully saturated rings. The normalized spacial score (nSPS) is 11.1. The van der Waals surface area contributed by atoms with Gasteiger partial charge in [0.15, 0.2) is 0 Å². The summed E-state index contributed by atoms with van der Waals surface area (Å²) in [5.74, 6) is 0.572. The number of anilines is 1. The van der Waals surface area contributed by atoms with Gasteiger partial charge in [0.25, 0.3) is 0 Å². The molecular formula is C19H23NO2. The van der Waals surface area contributed by atoms with Crippen molar-refractivity contribution >= 4 is 11.6 Å². The molecule has 0 aliphatic carbocycles. The largest absolute Gasteiger partial charge is 0.487 e. The molecule has 0 unspecified atom stereocenters. The van der Waals surface area contributed by atoms with Crippen LogP contribution in [0.3, 0.4) is 0 Å². The Morgan fingerprint density at radius 2 is 1.68 bits per heavy atom. The molecule has 0 aliphatic heterocycles. The van der Waals surface area contributed by atoms with Crippen molar-refractivity contribution in [2.75, 3.05) is 5.32 Å². The van der Waals surface area contributed by atoms with Gasteiger partial charge in [-0.2, -0.15) is 0 Å². The maximum absolute atomic E-state index is 11.2. The Labute approximate surface area is 132 Å². The highest BCUT2D eigenvalue weighted by atomic mass is 16.5. The predicted octanol–water partition coefficient (Wildman–Crippen LogP) is 4.52. The summed E-state index contributed by atoms with van der Waals surface area (Å²) in [4.78, 5) is 11.2. The number of rotatable bonds is 4. The van der Waals surface area contributed by atoms with Crippen LogP contribution < -0.4 is 10.1 Å². The standard InChI is InChI=1S/C19H23NO2/c1-14(21)20-17-7-5-6-8-18(17)22-13-15-9-11-16(12-10-15)19(2,3)4/h5-12H,13H2,1-4H3,(H,20,21). The number of benzene rings is 2. The van der Waals surface area contributed by atoms with Crippen molar-refractivity contribution in [2.45, 2.75) is 39.7 Å². The molecule has 0 radical (unpaired) electrons. The van der Waals surface area contributed by atoms with Crippen molar-refractivity contribution in [3.63, 3.8) is 0 Å². The zero-order chi connectivity index (χ0) is 16.2. The smallest absolute Gasteiger partial charge is 0.221 e. The van der Waals surface area contributed by atoms with Gasteiger partial charge in [0, 0.05) is 6.92 Å². The molecule has 0 aromatic heterocycles. The number of carbonyl (C=O) groups excluding carboxylic acids is 1. The third kappa shape index (κ3) is 4.35. The Balaban J connectivity index is 2.06. The number of amides is 1. The van der Waals surface area contributed by atoms with Gasteiger partial charge >= 0.3 is 0 Å². The van der Waals surface area contributed by atoms with Crippen molar-refractivity contribution in [2.24, 2.45) is 0 Å². The van der Waals surface area contributed by atoms with Crippen LogP contribution in [0.2, 0.25) is 0 Å². The number of para-hydroxylation sites is 2. The molecule has 2 aromatic rings. The summed E-state index contributed by atoms with van der Waals surface area (Å²) in [7, 11) is 0. The maximum atomic E-state index is 11.2. The van der Waals surface area contributed by atoms with Crippen LogP contribution in [-0.4, -0.2) is 5.91 Å². The Bertz CT molecular complexity index is 639. The third-order valence-corrected chi connectivity index (χ3v) is 3.41. The van der Waals surface area contributed by atoms with E-state index in [1.165, 1.54) is 12.5 Å². The Kier molecular flexibility index (Phi) is 4.86. The van der Waals surface area contributed by atoms with Gasteiger partial charge in [0.2, 0.25) is 5.91 Å². The van der Waals surface area contributed by atoms with Crippen LogP contribution in [0, 0.1) is 0 Å². The molecule has 3 heteroatoms. The van der Waals surface area contributed by atoms with E-state index in [0.29, 0.717) is 18.0 Å². The van der Waals surface area contributed by atoms with E-state index in [4.69, 9.17) is 4.74 Å². The lowest BCUT2D eigenvalue weighted by Crippen LogP contribution is -2.11. The molecule has 2 aromatic carbocycles. The molecule has 0 saturated carbocycles. The number of ether oxygens (including phenoxy) is 1. The highest BCUT2D eigenvalue weighted by Gasteiger charge is 2.13. The fourth-order valence-electron chi connectivity index (χ4n) is 2.15. The van der Waals surface area contributed by atoms with Crippen molar-refractivity contribution in [1.29, 1.82) is 0 Å². The van der Waals surface area contributed by atoms with Crippen LogP contribution in [0.5, 0.6) is 5.75 Å². The average Bonchev–Trinajstić information content (AvgIpc) is 2.45. The van der Waals surface area contributed by atoms with Gasteiger partial charge in [0.05, 0.1) is 5.69 Å². The first-order valence-corrected chi connectivity index (χ1v) is 7.45.